The van der Waals surface area contributed by atoms with E-state index in [1.54, 1.807) is 6.20 Å². The Bertz CT molecular complexity index is 401. The predicted molar refractivity (Wildman–Crippen MR) is 85.4 cm³/mol. The van der Waals surface area contributed by atoms with Gasteiger partial charge in [0.15, 0.2) is 0 Å². The van der Waals surface area contributed by atoms with Crippen LogP contribution in [-0.4, -0.2) is 41.0 Å². The molecule has 0 aliphatic carbocycles. The van der Waals surface area contributed by atoms with Crippen molar-refractivity contribution in [2.45, 2.75) is 32.6 Å². The van der Waals surface area contributed by atoms with Crippen molar-refractivity contribution in [2.24, 2.45) is 0 Å². The van der Waals surface area contributed by atoms with Crippen LogP contribution in [0.4, 0.5) is 5.82 Å². The molecule has 0 spiro atoms. The molecule has 5 nitrogen and oxygen atoms in total. The zero-order valence-electron chi connectivity index (χ0n) is 12.3. The molecule has 112 valence electrons. The molecule has 0 atom stereocenters. The maximum atomic E-state index is 11.9. The molecule has 0 aromatic carbocycles. The van der Waals surface area contributed by atoms with Crippen LogP contribution in [0.3, 0.4) is 0 Å². The summed E-state index contributed by atoms with van der Waals surface area (Å²) in [6.07, 6.45) is 9.89. The van der Waals surface area contributed by atoms with Crippen molar-refractivity contribution in [1.29, 1.82) is 0 Å². The van der Waals surface area contributed by atoms with E-state index in [0.717, 1.165) is 19.4 Å². The predicted octanol–water partition coefficient (Wildman–Crippen LogP) is 2.56. The molecule has 2 N–H and O–H groups in total. The summed E-state index contributed by atoms with van der Waals surface area (Å²) in [6.45, 7) is 3.44. The van der Waals surface area contributed by atoms with Crippen molar-refractivity contribution >= 4 is 23.5 Å². The second kappa shape index (κ2) is 10.5. The van der Waals surface area contributed by atoms with Gasteiger partial charge in [-0.15, -0.1) is 0 Å². The van der Waals surface area contributed by atoms with Crippen LogP contribution < -0.4 is 10.6 Å². The lowest BCUT2D eigenvalue weighted by Gasteiger charge is -2.06. The van der Waals surface area contributed by atoms with E-state index in [0.29, 0.717) is 18.1 Å². The normalized spacial score (nSPS) is 10.3. The molecule has 1 amide bonds. The number of thioether (sulfide) groups is 1. The summed E-state index contributed by atoms with van der Waals surface area (Å²) in [4.78, 5) is 20.1. The molecule has 0 unspecified atom stereocenters. The summed E-state index contributed by atoms with van der Waals surface area (Å²) in [5.74, 6) is 1.71. The Balaban J connectivity index is 2.23. The first-order valence-corrected chi connectivity index (χ1v) is 8.50. The number of nitrogens with zero attached hydrogens (tertiary/aromatic N) is 2. The minimum absolute atomic E-state index is 0.152. The molecule has 0 aliphatic rings. The number of unbranched alkanes of at least 4 members (excludes halogenated alkanes) is 3. The van der Waals surface area contributed by atoms with Gasteiger partial charge in [0.05, 0.1) is 12.4 Å². The Morgan fingerprint density at radius 3 is 2.80 bits per heavy atom. The number of hydrogen-bond donors (Lipinski definition) is 2. The smallest absolute Gasteiger partial charge is 0.271 e. The first-order chi connectivity index (χ1) is 9.77. The average molecular weight is 296 g/mol. The van der Waals surface area contributed by atoms with E-state index in [-0.39, 0.29) is 5.91 Å². The molecule has 1 rings (SSSR count). The molecule has 0 aliphatic heterocycles. The number of carbonyl (C=O) groups excluding carboxylic acids is 1. The summed E-state index contributed by atoms with van der Waals surface area (Å²) in [7, 11) is 0. The van der Waals surface area contributed by atoms with Gasteiger partial charge in [-0.2, -0.15) is 11.8 Å². The van der Waals surface area contributed by atoms with Gasteiger partial charge >= 0.3 is 0 Å². The number of nitrogens with one attached hydrogen (secondary N) is 2. The highest BCUT2D eigenvalue weighted by Gasteiger charge is 2.07. The molecule has 6 heteroatoms. The topological polar surface area (TPSA) is 66.9 Å². The number of anilines is 1. The van der Waals surface area contributed by atoms with Crippen LogP contribution in [0.5, 0.6) is 0 Å². The second-order valence-corrected chi connectivity index (χ2v) is 5.47. The summed E-state index contributed by atoms with van der Waals surface area (Å²) < 4.78 is 0. The van der Waals surface area contributed by atoms with E-state index in [1.165, 1.54) is 24.8 Å². The van der Waals surface area contributed by atoms with Crippen molar-refractivity contribution in [3.8, 4) is 0 Å². The molecule has 0 radical (unpaired) electrons. The molecule has 1 heterocycles. The van der Waals surface area contributed by atoms with Crippen LogP contribution in [0.2, 0.25) is 0 Å². The van der Waals surface area contributed by atoms with Crippen molar-refractivity contribution in [2.75, 3.05) is 30.4 Å². The third-order valence-corrected chi connectivity index (χ3v) is 3.48. The van der Waals surface area contributed by atoms with Gasteiger partial charge in [0.1, 0.15) is 11.5 Å². The molecule has 0 saturated carbocycles. The fraction of sp³-hybridized carbons (Fsp3) is 0.643. The van der Waals surface area contributed by atoms with Crippen molar-refractivity contribution in [3.63, 3.8) is 0 Å². The highest BCUT2D eigenvalue weighted by molar-refractivity contribution is 7.98. The van der Waals surface area contributed by atoms with Gasteiger partial charge in [0.2, 0.25) is 0 Å². The van der Waals surface area contributed by atoms with Crippen molar-refractivity contribution in [3.05, 3.63) is 18.1 Å². The fourth-order valence-corrected chi connectivity index (χ4v) is 2.25. The van der Waals surface area contributed by atoms with Crippen LogP contribution in [0.1, 0.15) is 43.1 Å². The van der Waals surface area contributed by atoms with E-state index in [4.69, 9.17) is 0 Å². The van der Waals surface area contributed by atoms with Gasteiger partial charge in [-0.05, 0) is 31.8 Å². The maximum Gasteiger partial charge on any atom is 0.271 e. The second-order valence-electron chi connectivity index (χ2n) is 4.48. The Hall–Kier alpha value is -1.30. The molecular weight excluding hydrogens is 272 g/mol. The molecule has 20 heavy (non-hydrogen) atoms. The van der Waals surface area contributed by atoms with Crippen LogP contribution in [-0.2, 0) is 0 Å². The molecule has 0 fully saturated rings. The number of carbonyl (C=O) groups is 1. The summed E-state index contributed by atoms with van der Waals surface area (Å²) in [6, 6.07) is 0. The summed E-state index contributed by atoms with van der Waals surface area (Å²) in [5.41, 5.74) is 0.367. The van der Waals surface area contributed by atoms with Gasteiger partial charge < -0.3 is 10.6 Å². The SMILES string of the molecule is CCNc1cncc(C(=O)NCCCCCCSC)n1. The van der Waals surface area contributed by atoms with Crippen LogP contribution in [0, 0.1) is 0 Å². The first-order valence-electron chi connectivity index (χ1n) is 7.11. The van der Waals surface area contributed by atoms with Gasteiger partial charge in [-0.25, -0.2) is 4.98 Å². The Morgan fingerprint density at radius 1 is 1.25 bits per heavy atom. The highest BCUT2D eigenvalue weighted by atomic mass is 32.2. The van der Waals surface area contributed by atoms with Crippen LogP contribution >= 0.6 is 11.8 Å². The molecule has 1 aromatic heterocycles. The minimum Gasteiger partial charge on any atom is -0.369 e. The third-order valence-electron chi connectivity index (χ3n) is 2.79. The van der Waals surface area contributed by atoms with Gasteiger partial charge in [-0.1, -0.05) is 12.8 Å². The van der Waals surface area contributed by atoms with Crippen molar-refractivity contribution in [1.82, 2.24) is 15.3 Å². The third kappa shape index (κ3) is 6.75. The lowest BCUT2D eigenvalue weighted by Crippen LogP contribution is -2.25. The standard InChI is InChI=1S/C14H24N4OS/c1-3-16-13-11-15-10-12(18-13)14(19)17-8-6-4-5-7-9-20-2/h10-11H,3-9H2,1-2H3,(H,16,18)(H,17,19). The van der Waals surface area contributed by atoms with E-state index >= 15 is 0 Å². The summed E-state index contributed by atoms with van der Waals surface area (Å²) >= 11 is 1.88. The van der Waals surface area contributed by atoms with Crippen LogP contribution in [0.25, 0.3) is 0 Å². The van der Waals surface area contributed by atoms with Gasteiger partial charge in [-0.3, -0.25) is 9.78 Å². The highest BCUT2D eigenvalue weighted by Crippen LogP contribution is 2.04. The fourth-order valence-electron chi connectivity index (χ4n) is 1.76. The lowest BCUT2D eigenvalue weighted by atomic mass is 10.2. The quantitative estimate of drug-likeness (QED) is 0.650. The van der Waals surface area contributed by atoms with Gasteiger partial charge in [0, 0.05) is 13.1 Å². The number of hydrogen-bond acceptors (Lipinski definition) is 5. The maximum absolute atomic E-state index is 11.9. The van der Waals surface area contributed by atoms with Crippen molar-refractivity contribution < 1.29 is 4.79 Å². The average Bonchev–Trinajstić information content (AvgIpc) is 2.47. The number of rotatable bonds is 10. The minimum atomic E-state index is -0.152. The lowest BCUT2D eigenvalue weighted by molar-refractivity contribution is 0.0947. The van der Waals surface area contributed by atoms with Gasteiger partial charge in [0.25, 0.3) is 5.91 Å². The summed E-state index contributed by atoms with van der Waals surface area (Å²) in [5, 5.41) is 5.93. The largest absolute Gasteiger partial charge is 0.369 e. The van der Waals surface area contributed by atoms with E-state index in [2.05, 4.69) is 26.9 Å². The number of aromatic nitrogens is 2. The Labute approximate surface area is 125 Å². The first kappa shape index (κ1) is 16.8. The Kier molecular flexibility index (Phi) is 8.78. The molecule has 1 aromatic rings. The zero-order chi connectivity index (χ0) is 14.6. The van der Waals surface area contributed by atoms with E-state index < -0.39 is 0 Å². The zero-order valence-corrected chi connectivity index (χ0v) is 13.1. The number of amides is 1. The van der Waals surface area contributed by atoms with Crippen LogP contribution in [0.15, 0.2) is 12.4 Å². The molecule has 0 saturated heterocycles. The molecule has 0 bridgehead atoms. The molecular formula is C14H24N4OS. The van der Waals surface area contributed by atoms with E-state index in [1.807, 2.05) is 18.7 Å². The Morgan fingerprint density at radius 2 is 2.05 bits per heavy atom. The monoisotopic (exact) mass is 296 g/mol. The van der Waals surface area contributed by atoms with E-state index in [9.17, 15) is 4.79 Å².